The van der Waals surface area contributed by atoms with E-state index in [4.69, 9.17) is 5.26 Å². The van der Waals surface area contributed by atoms with Crippen LogP contribution in [0.2, 0.25) is 0 Å². The summed E-state index contributed by atoms with van der Waals surface area (Å²) in [7, 11) is 0. The van der Waals surface area contributed by atoms with E-state index >= 15 is 0 Å². The molecule has 0 aromatic heterocycles. The van der Waals surface area contributed by atoms with Crippen molar-refractivity contribution in [3.05, 3.63) is 12.2 Å². The van der Waals surface area contributed by atoms with Crippen molar-refractivity contribution in [3.8, 4) is 6.07 Å². The number of carbonyl (C=O) groups excluding carboxylic acids is 1. The van der Waals surface area contributed by atoms with Gasteiger partial charge in [0.15, 0.2) is 0 Å². The van der Waals surface area contributed by atoms with Crippen LogP contribution < -0.4 is 0 Å². The predicted molar refractivity (Wildman–Crippen MR) is 74.6 cm³/mol. The number of carboxylic acids is 1. The van der Waals surface area contributed by atoms with E-state index < -0.39 is 17.8 Å². The van der Waals surface area contributed by atoms with Crippen molar-refractivity contribution in [2.45, 2.75) is 33.1 Å². The molecular formula is C15H22N2O3. The Morgan fingerprint density at radius 2 is 1.95 bits per heavy atom. The van der Waals surface area contributed by atoms with E-state index in [9.17, 15) is 14.7 Å². The van der Waals surface area contributed by atoms with Gasteiger partial charge in [-0.15, -0.1) is 0 Å². The first kappa shape index (κ1) is 16.2. The minimum Gasteiger partial charge on any atom is -0.481 e. The van der Waals surface area contributed by atoms with Crippen LogP contribution in [0.25, 0.3) is 0 Å². The second-order valence-electron chi connectivity index (χ2n) is 5.58. The van der Waals surface area contributed by atoms with Crippen LogP contribution in [-0.4, -0.2) is 35.0 Å². The molecule has 1 aliphatic carbocycles. The Morgan fingerprint density at radius 1 is 1.35 bits per heavy atom. The third-order valence-corrected chi connectivity index (χ3v) is 3.46. The smallest absolute Gasteiger partial charge is 0.307 e. The van der Waals surface area contributed by atoms with Crippen molar-refractivity contribution in [1.82, 2.24) is 4.90 Å². The molecule has 0 aromatic rings. The quantitative estimate of drug-likeness (QED) is 0.754. The lowest BCUT2D eigenvalue weighted by molar-refractivity contribution is -0.150. The lowest BCUT2D eigenvalue weighted by atomic mass is 9.82. The molecule has 0 unspecified atom stereocenters. The molecule has 1 amide bonds. The van der Waals surface area contributed by atoms with Gasteiger partial charge in [0, 0.05) is 13.1 Å². The molecule has 0 radical (unpaired) electrons. The first-order valence-corrected chi connectivity index (χ1v) is 7.01. The Morgan fingerprint density at radius 3 is 2.45 bits per heavy atom. The predicted octanol–water partition coefficient (Wildman–Crippen LogP) is 2.05. The van der Waals surface area contributed by atoms with Gasteiger partial charge in [0.05, 0.1) is 24.3 Å². The minimum atomic E-state index is -0.919. The summed E-state index contributed by atoms with van der Waals surface area (Å²) in [5.74, 6) is -1.91. The number of nitrogens with zero attached hydrogens (tertiary/aromatic N) is 2. The SMILES string of the molecule is CC(C)CN(CCC#N)C(=O)[C@@H]1CC=CC[C@@H]1C(=O)O. The van der Waals surface area contributed by atoms with Crippen LogP contribution in [0.15, 0.2) is 12.2 Å². The van der Waals surface area contributed by atoms with E-state index in [-0.39, 0.29) is 12.3 Å². The van der Waals surface area contributed by atoms with Gasteiger partial charge in [-0.3, -0.25) is 9.59 Å². The summed E-state index contributed by atoms with van der Waals surface area (Å²) < 4.78 is 0. The van der Waals surface area contributed by atoms with E-state index in [0.29, 0.717) is 31.8 Å². The van der Waals surface area contributed by atoms with Crippen molar-refractivity contribution in [1.29, 1.82) is 5.26 Å². The number of hydrogen-bond acceptors (Lipinski definition) is 3. The summed E-state index contributed by atoms with van der Waals surface area (Å²) in [6.45, 7) is 4.94. The van der Waals surface area contributed by atoms with Gasteiger partial charge in [-0.25, -0.2) is 0 Å². The zero-order valence-electron chi connectivity index (χ0n) is 12.1. The number of rotatable bonds is 6. The highest BCUT2D eigenvalue weighted by Crippen LogP contribution is 2.28. The molecule has 0 fully saturated rings. The maximum absolute atomic E-state index is 12.6. The second-order valence-corrected chi connectivity index (χ2v) is 5.58. The molecule has 20 heavy (non-hydrogen) atoms. The van der Waals surface area contributed by atoms with E-state index in [2.05, 4.69) is 0 Å². The topological polar surface area (TPSA) is 81.4 Å². The van der Waals surface area contributed by atoms with Gasteiger partial charge in [-0.1, -0.05) is 26.0 Å². The van der Waals surface area contributed by atoms with Crippen molar-refractivity contribution in [2.24, 2.45) is 17.8 Å². The fourth-order valence-corrected chi connectivity index (χ4v) is 2.51. The average molecular weight is 278 g/mol. The Balaban J connectivity index is 2.83. The number of hydrogen-bond donors (Lipinski definition) is 1. The summed E-state index contributed by atoms with van der Waals surface area (Å²) in [5.41, 5.74) is 0. The van der Waals surface area contributed by atoms with Gasteiger partial charge >= 0.3 is 5.97 Å². The average Bonchev–Trinajstić information content (AvgIpc) is 2.42. The third kappa shape index (κ3) is 4.37. The number of aliphatic carboxylic acids is 1. The van der Waals surface area contributed by atoms with Crippen LogP contribution in [0.5, 0.6) is 0 Å². The Bertz CT molecular complexity index is 423. The van der Waals surface area contributed by atoms with Crippen molar-refractivity contribution < 1.29 is 14.7 Å². The van der Waals surface area contributed by atoms with Crippen LogP contribution in [0, 0.1) is 29.1 Å². The summed E-state index contributed by atoms with van der Waals surface area (Å²) in [5, 5.41) is 17.9. The number of amides is 1. The molecule has 2 atom stereocenters. The third-order valence-electron chi connectivity index (χ3n) is 3.46. The van der Waals surface area contributed by atoms with E-state index in [0.717, 1.165) is 0 Å². The van der Waals surface area contributed by atoms with Gasteiger partial charge < -0.3 is 10.0 Å². The van der Waals surface area contributed by atoms with Gasteiger partial charge in [-0.2, -0.15) is 5.26 Å². The standard InChI is InChI=1S/C15H22N2O3/c1-11(2)10-17(9-5-8-16)14(18)12-6-3-4-7-13(12)15(19)20/h3-4,11-13H,5-7,9-10H2,1-2H3,(H,19,20)/t12-,13+/m1/s1. The molecule has 1 rings (SSSR count). The van der Waals surface area contributed by atoms with Crippen molar-refractivity contribution in [3.63, 3.8) is 0 Å². The summed E-state index contributed by atoms with van der Waals surface area (Å²) >= 11 is 0. The monoisotopic (exact) mass is 278 g/mol. The van der Waals surface area contributed by atoms with Gasteiger partial charge in [0.1, 0.15) is 0 Å². The molecular weight excluding hydrogens is 256 g/mol. The van der Waals surface area contributed by atoms with Crippen LogP contribution in [0.3, 0.4) is 0 Å². The van der Waals surface area contributed by atoms with Crippen LogP contribution in [0.4, 0.5) is 0 Å². The highest BCUT2D eigenvalue weighted by atomic mass is 16.4. The lowest BCUT2D eigenvalue weighted by Crippen LogP contribution is -2.43. The molecule has 5 nitrogen and oxygen atoms in total. The Hall–Kier alpha value is -1.83. The van der Waals surface area contributed by atoms with Gasteiger partial charge in [0.25, 0.3) is 0 Å². The van der Waals surface area contributed by atoms with E-state index in [1.165, 1.54) is 0 Å². The van der Waals surface area contributed by atoms with E-state index in [1.54, 1.807) is 4.90 Å². The number of carboxylic acid groups (broad SMARTS) is 1. The Kier molecular flexibility index (Phi) is 6.23. The highest BCUT2D eigenvalue weighted by Gasteiger charge is 2.36. The molecule has 0 aliphatic heterocycles. The molecule has 1 N–H and O–H groups in total. The molecule has 0 aromatic carbocycles. The largest absolute Gasteiger partial charge is 0.481 e. The second kappa shape index (κ2) is 7.68. The molecule has 0 saturated heterocycles. The highest BCUT2D eigenvalue weighted by molar-refractivity contribution is 5.85. The molecule has 0 spiro atoms. The van der Waals surface area contributed by atoms with Gasteiger partial charge in [0.2, 0.25) is 5.91 Å². The van der Waals surface area contributed by atoms with Crippen molar-refractivity contribution >= 4 is 11.9 Å². The zero-order chi connectivity index (χ0) is 15.1. The van der Waals surface area contributed by atoms with Gasteiger partial charge in [-0.05, 0) is 18.8 Å². The van der Waals surface area contributed by atoms with Crippen molar-refractivity contribution in [2.75, 3.05) is 13.1 Å². The maximum Gasteiger partial charge on any atom is 0.307 e. The maximum atomic E-state index is 12.6. The number of carbonyl (C=O) groups is 2. The summed E-state index contributed by atoms with van der Waals surface area (Å²) in [6.07, 6.45) is 4.85. The van der Waals surface area contributed by atoms with Crippen LogP contribution >= 0.6 is 0 Å². The molecule has 0 saturated carbocycles. The zero-order valence-corrected chi connectivity index (χ0v) is 12.1. The fourth-order valence-electron chi connectivity index (χ4n) is 2.51. The number of nitriles is 1. The first-order valence-electron chi connectivity index (χ1n) is 7.01. The summed E-state index contributed by atoms with van der Waals surface area (Å²) in [4.78, 5) is 25.5. The first-order chi connectivity index (χ1) is 9.47. The normalized spacial score (nSPS) is 21.5. The number of allylic oxidation sites excluding steroid dienone is 2. The molecule has 110 valence electrons. The molecule has 1 aliphatic rings. The minimum absolute atomic E-state index is 0.134. The molecule has 5 heteroatoms. The van der Waals surface area contributed by atoms with Crippen LogP contribution in [0.1, 0.15) is 33.1 Å². The summed E-state index contributed by atoms with van der Waals surface area (Å²) in [6, 6.07) is 2.04. The lowest BCUT2D eigenvalue weighted by Gasteiger charge is -2.31. The fraction of sp³-hybridized carbons (Fsp3) is 0.667. The van der Waals surface area contributed by atoms with E-state index in [1.807, 2.05) is 32.1 Å². The Labute approximate surface area is 119 Å². The van der Waals surface area contributed by atoms with Crippen LogP contribution in [-0.2, 0) is 9.59 Å². The molecule has 0 heterocycles. The molecule has 0 bridgehead atoms.